The average Bonchev–Trinajstić information content (AvgIpc) is 2.74. The molecule has 0 bridgehead atoms. The summed E-state index contributed by atoms with van der Waals surface area (Å²) in [5.41, 5.74) is -0.328. The van der Waals surface area contributed by atoms with Gasteiger partial charge in [0.25, 0.3) is 16.4 Å². The molecular formula is C10H8BrF2N3O2S. The van der Waals surface area contributed by atoms with Crippen LogP contribution in [0.4, 0.5) is 8.78 Å². The Labute approximate surface area is 116 Å². The SMILES string of the molecule is NS(=O)(=O)c1cc(C(F)F)nn1-c1ccc(Br)cc1. The number of hydrogen-bond donors (Lipinski definition) is 1. The maximum Gasteiger partial charge on any atom is 0.282 e. The molecule has 1 aromatic carbocycles. The molecule has 0 saturated carbocycles. The lowest BCUT2D eigenvalue weighted by Gasteiger charge is -2.05. The zero-order valence-corrected chi connectivity index (χ0v) is 11.7. The number of hydrogen-bond acceptors (Lipinski definition) is 3. The van der Waals surface area contributed by atoms with Gasteiger partial charge in [-0.1, -0.05) is 15.9 Å². The van der Waals surface area contributed by atoms with Gasteiger partial charge in [-0.25, -0.2) is 27.0 Å². The third-order valence-electron chi connectivity index (χ3n) is 2.28. The fourth-order valence-electron chi connectivity index (χ4n) is 1.46. The number of aromatic nitrogens is 2. The molecule has 9 heteroatoms. The second-order valence-corrected chi connectivity index (χ2v) is 6.07. The topological polar surface area (TPSA) is 78.0 Å². The van der Waals surface area contributed by atoms with Crippen molar-refractivity contribution in [1.29, 1.82) is 0 Å². The molecule has 2 rings (SSSR count). The Kier molecular flexibility index (Phi) is 3.70. The van der Waals surface area contributed by atoms with Crippen LogP contribution in [0.25, 0.3) is 5.69 Å². The summed E-state index contributed by atoms with van der Waals surface area (Å²) < 4.78 is 49.6. The molecule has 102 valence electrons. The van der Waals surface area contributed by atoms with Gasteiger partial charge in [0, 0.05) is 10.5 Å². The molecule has 0 spiro atoms. The van der Waals surface area contributed by atoms with Crippen molar-refractivity contribution in [3.05, 3.63) is 40.5 Å². The maximum atomic E-state index is 12.6. The lowest BCUT2D eigenvalue weighted by molar-refractivity contribution is 0.145. The van der Waals surface area contributed by atoms with E-state index in [0.29, 0.717) is 5.69 Å². The summed E-state index contributed by atoms with van der Waals surface area (Å²) in [6.45, 7) is 0. The van der Waals surface area contributed by atoms with Crippen LogP contribution in [0.3, 0.4) is 0 Å². The minimum absolute atomic E-state index is 0.319. The molecule has 5 nitrogen and oxygen atoms in total. The van der Waals surface area contributed by atoms with E-state index in [0.717, 1.165) is 15.2 Å². The normalized spacial score (nSPS) is 12.1. The standard InChI is InChI=1S/C10H8BrF2N3O2S/c11-6-1-3-7(4-2-6)16-9(19(14,17)18)5-8(15-16)10(12)13/h1-5,10H,(H2,14,17,18). The molecule has 0 aliphatic rings. The van der Waals surface area contributed by atoms with Gasteiger partial charge >= 0.3 is 0 Å². The molecule has 1 aromatic heterocycles. The number of halogens is 3. The second kappa shape index (κ2) is 4.99. The molecule has 0 atom stereocenters. The molecule has 1 heterocycles. The van der Waals surface area contributed by atoms with Crippen LogP contribution in [0, 0.1) is 0 Å². The lowest BCUT2D eigenvalue weighted by Crippen LogP contribution is -2.17. The number of benzene rings is 1. The van der Waals surface area contributed by atoms with E-state index in [1.807, 2.05) is 0 Å². The van der Waals surface area contributed by atoms with Crippen molar-refractivity contribution in [3.8, 4) is 5.69 Å². The molecule has 0 fully saturated rings. The predicted molar refractivity (Wildman–Crippen MR) is 67.6 cm³/mol. The number of primary sulfonamides is 1. The first kappa shape index (κ1) is 14.1. The summed E-state index contributed by atoms with van der Waals surface area (Å²) in [4.78, 5) is 0. The first-order valence-corrected chi connectivity index (χ1v) is 7.30. The van der Waals surface area contributed by atoms with E-state index in [1.165, 1.54) is 12.1 Å². The smallest absolute Gasteiger partial charge is 0.223 e. The first-order chi connectivity index (χ1) is 8.79. The number of alkyl halides is 2. The molecular weight excluding hydrogens is 344 g/mol. The summed E-state index contributed by atoms with van der Waals surface area (Å²) in [5, 5.41) is 8.08. The molecule has 19 heavy (non-hydrogen) atoms. The van der Waals surface area contributed by atoms with E-state index in [9.17, 15) is 17.2 Å². The fourth-order valence-corrected chi connectivity index (χ4v) is 2.39. The van der Waals surface area contributed by atoms with E-state index >= 15 is 0 Å². The van der Waals surface area contributed by atoms with Crippen LogP contribution in [0.1, 0.15) is 12.1 Å². The highest BCUT2D eigenvalue weighted by Crippen LogP contribution is 2.23. The van der Waals surface area contributed by atoms with Gasteiger partial charge in [-0.15, -0.1) is 0 Å². The van der Waals surface area contributed by atoms with Gasteiger partial charge in [0.15, 0.2) is 5.03 Å². The van der Waals surface area contributed by atoms with Crippen molar-refractivity contribution in [1.82, 2.24) is 9.78 Å². The van der Waals surface area contributed by atoms with Gasteiger partial charge < -0.3 is 0 Å². The van der Waals surface area contributed by atoms with Gasteiger partial charge in [-0.3, -0.25) is 0 Å². The summed E-state index contributed by atoms with van der Waals surface area (Å²) in [6, 6.07) is 7.09. The van der Waals surface area contributed by atoms with Crippen LogP contribution in [0.15, 0.2) is 39.8 Å². The molecule has 2 aromatic rings. The van der Waals surface area contributed by atoms with E-state index in [-0.39, 0.29) is 0 Å². The van der Waals surface area contributed by atoms with Crippen molar-refractivity contribution < 1.29 is 17.2 Å². The monoisotopic (exact) mass is 351 g/mol. The first-order valence-electron chi connectivity index (χ1n) is 4.96. The van der Waals surface area contributed by atoms with Gasteiger partial charge in [0.05, 0.1) is 5.69 Å². The molecule has 0 aliphatic carbocycles. The highest BCUT2D eigenvalue weighted by atomic mass is 79.9. The number of nitrogens with two attached hydrogens (primary N) is 1. The van der Waals surface area contributed by atoms with E-state index in [4.69, 9.17) is 5.14 Å². The van der Waals surface area contributed by atoms with E-state index < -0.39 is 27.2 Å². The highest BCUT2D eigenvalue weighted by Gasteiger charge is 2.22. The maximum absolute atomic E-state index is 12.6. The molecule has 0 unspecified atom stereocenters. The lowest BCUT2D eigenvalue weighted by atomic mass is 10.3. The van der Waals surface area contributed by atoms with Crippen molar-refractivity contribution in [3.63, 3.8) is 0 Å². The molecule has 0 radical (unpaired) electrons. The van der Waals surface area contributed by atoms with Crippen molar-refractivity contribution in [2.45, 2.75) is 11.5 Å². The van der Waals surface area contributed by atoms with Gasteiger partial charge in [0.2, 0.25) is 0 Å². The zero-order valence-electron chi connectivity index (χ0n) is 9.29. The second-order valence-electron chi connectivity index (χ2n) is 3.64. The quantitative estimate of drug-likeness (QED) is 0.920. The van der Waals surface area contributed by atoms with Gasteiger partial charge in [-0.05, 0) is 24.3 Å². The minimum atomic E-state index is -4.15. The molecule has 0 saturated heterocycles. The van der Waals surface area contributed by atoms with Crippen LogP contribution >= 0.6 is 15.9 Å². The summed E-state index contributed by atoms with van der Waals surface area (Å²) >= 11 is 3.21. The Morgan fingerprint density at radius 1 is 1.26 bits per heavy atom. The van der Waals surface area contributed by atoms with Crippen LogP contribution in [0.2, 0.25) is 0 Å². The Bertz CT molecular complexity index is 698. The Hall–Kier alpha value is -1.32. The summed E-state index contributed by atoms with van der Waals surface area (Å²) in [5.74, 6) is 0. The van der Waals surface area contributed by atoms with Crippen molar-refractivity contribution >= 4 is 26.0 Å². The fraction of sp³-hybridized carbons (Fsp3) is 0.100. The largest absolute Gasteiger partial charge is 0.282 e. The molecule has 2 N–H and O–H groups in total. The average molecular weight is 352 g/mol. The Morgan fingerprint density at radius 2 is 1.84 bits per heavy atom. The molecule has 0 aliphatic heterocycles. The minimum Gasteiger partial charge on any atom is -0.223 e. The van der Waals surface area contributed by atoms with Crippen LogP contribution in [0.5, 0.6) is 0 Å². The van der Waals surface area contributed by atoms with Gasteiger partial charge in [0.1, 0.15) is 5.69 Å². The van der Waals surface area contributed by atoms with E-state index in [1.54, 1.807) is 12.1 Å². The van der Waals surface area contributed by atoms with Crippen LogP contribution in [-0.4, -0.2) is 18.2 Å². The number of nitrogens with zero attached hydrogens (tertiary/aromatic N) is 2. The van der Waals surface area contributed by atoms with Crippen LogP contribution < -0.4 is 5.14 Å². The number of sulfonamides is 1. The third-order valence-corrected chi connectivity index (χ3v) is 3.68. The summed E-state index contributed by atoms with van der Waals surface area (Å²) in [7, 11) is -4.15. The zero-order chi connectivity index (χ0) is 14.2. The summed E-state index contributed by atoms with van der Waals surface area (Å²) in [6.07, 6.45) is -2.88. The highest BCUT2D eigenvalue weighted by molar-refractivity contribution is 9.10. The van der Waals surface area contributed by atoms with Crippen molar-refractivity contribution in [2.75, 3.05) is 0 Å². The van der Waals surface area contributed by atoms with Crippen molar-refractivity contribution in [2.24, 2.45) is 5.14 Å². The predicted octanol–water partition coefficient (Wildman–Crippen LogP) is 2.22. The third kappa shape index (κ3) is 2.99. The Balaban J connectivity index is 2.64. The Morgan fingerprint density at radius 3 is 2.32 bits per heavy atom. The van der Waals surface area contributed by atoms with Gasteiger partial charge in [-0.2, -0.15) is 5.10 Å². The van der Waals surface area contributed by atoms with Crippen LogP contribution in [-0.2, 0) is 10.0 Å². The number of rotatable bonds is 3. The molecule has 0 amide bonds. The van der Waals surface area contributed by atoms with E-state index in [2.05, 4.69) is 21.0 Å².